The van der Waals surface area contributed by atoms with E-state index in [1.54, 1.807) is 0 Å². The first kappa shape index (κ1) is 15.3. The van der Waals surface area contributed by atoms with Crippen molar-refractivity contribution in [2.75, 3.05) is 5.73 Å². The Balaban J connectivity index is 2.39. The number of sulfonamides is 1. The number of nitrogen functional groups attached to an aromatic ring is 1. The Bertz CT molecular complexity index is 652. The molecule has 0 unspecified atom stereocenters. The fourth-order valence-corrected chi connectivity index (χ4v) is 4.48. The molecule has 6 heteroatoms. The second kappa shape index (κ2) is 4.18. The molecule has 1 aromatic carbocycles. The van der Waals surface area contributed by atoms with Crippen LogP contribution in [0.2, 0.25) is 0 Å². The highest BCUT2D eigenvalue weighted by Gasteiger charge is 2.66. The van der Waals surface area contributed by atoms with Gasteiger partial charge in [-0.3, -0.25) is 0 Å². The standard InChI is InChI=1S/C14H21FN2O2S/c1-8-10(15)6-9(16)7-11(8)20(18,19)17-12-13(2,3)14(12,4)5/h6-7,12,17H,16H2,1-5H3. The van der Waals surface area contributed by atoms with Crippen LogP contribution in [0.15, 0.2) is 17.0 Å². The predicted octanol–water partition coefficient (Wildman–Crippen LogP) is 2.43. The minimum atomic E-state index is -3.78. The van der Waals surface area contributed by atoms with Gasteiger partial charge in [0.1, 0.15) is 5.82 Å². The zero-order valence-corrected chi connectivity index (χ0v) is 13.2. The van der Waals surface area contributed by atoms with Gasteiger partial charge in [0.05, 0.1) is 4.90 Å². The third-order valence-electron chi connectivity index (χ3n) is 4.90. The van der Waals surface area contributed by atoms with Crippen LogP contribution >= 0.6 is 0 Å². The summed E-state index contributed by atoms with van der Waals surface area (Å²) in [5, 5.41) is 0. The maximum Gasteiger partial charge on any atom is 0.241 e. The molecule has 2 rings (SSSR count). The zero-order valence-electron chi connectivity index (χ0n) is 12.4. The highest BCUT2D eigenvalue weighted by atomic mass is 32.2. The Morgan fingerprint density at radius 2 is 1.70 bits per heavy atom. The summed E-state index contributed by atoms with van der Waals surface area (Å²) in [5.41, 5.74) is 5.47. The van der Waals surface area contributed by atoms with Crippen LogP contribution < -0.4 is 10.5 Å². The molecule has 0 spiro atoms. The van der Waals surface area contributed by atoms with Crippen molar-refractivity contribution in [1.29, 1.82) is 0 Å². The van der Waals surface area contributed by atoms with E-state index in [2.05, 4.69) is 4.72 Å². The quantitative estimate of drug-likeness (QED) is 0.842. The van der Waals surface area contributed by atoms with E-state index in [0.29, 0.717) is 0 Å². The van der Waals surface area contributed by atoms with Gasteiger partial charge in [0.15, 0.2) is 0 Å². The van der Waals surface area contributed by atoms with Crippen LogP contribution in [-0.2, 0) is 10.0 Å². The first-order valence-corrected chi connectivity index (χ1v) is 7.97. The highest BCUT2D eigenvalue weighted by molar-refractivity contribution is 7.89. The highest BCUT2D eigenvalue weighted by Crippen LogP contribution is 2.63. The second-order valence-corrected chi connectivity index (χ2v) is 8.31. The Morgan fingerprint density at radius 1 is 1.20 bits per heavy atom. The fourth-order valence-electron chi connectivity index (χ4n) is 2.66. The molecule has 20 heavy (non-hydrogen) atoms. The third-order valence-corrected chi connectivity index (χ3v) is 6.45. The summed E-state index contributed by atoms with van der Waals surface area (Å²) < 4.78 is 41.2. The topological polar surface area (TPSA) is 72.2 Å². The van der Waals surface area contributed by atoms with Crippen LogP contribution in [0.4, 0.5) is 10.1 Å². The summed E-state index contributed by atoms with van der Waals surface area (Å²) in [6.45, 7) is 9.46. The van der Waals surface area contributed by atoms with E-state index in [0.717, 1.165) is 6.07 Å². The molecule has 0 saturated heterocycles. The molecule has 0 aliphatic heterocycles. The Morgan fingerprint density at radius 3 is 2.15 bits per heavy atom. The summed E-state index contributed by atoms with van der Waals surface area (Å²) in [6, 6.07) is 2.24. The zero-order chi connectivity index (χ0) is 15.5. The predicted molar refractivity (Wildman–Crippen MR) is 77.2 cm³/mol. The van der Waals surface area contributed by atoms with E-state index >= 15 is 0 Å². The molecule has 1 saturated carbocycles. The van der Waals surface area contributed by atoms with Crippen molar-refractivity contribution in [3.05, 3.63) is 23.5 Å². The maximum atomic E-state index is 13.7. The SMILES string of the molecule is Cc1c(F)cc(N)cc1S(=O)(=O)NC1C(C)(C)C1(C)C. The second-order valence-electron chi connectivity index (χ2n) is 6.62. The number of halogens is 1. The van der Waals surface area contributed by atoms with Crippen molar-refractivity contribution >= 4 is 15.7 Å². The van der Waals surface area contributed by atoms with Gasteiger partial charge in [-0.2, -0.15) is 0 Å². The number of nitrogens with two attached hydrogens (primary N) is 1. The molecule has 4 nitrogen and oxygen atoms in total. The molecular formula is C14H21FN2O2S. The van der Waals surface area contributed by atoms with Gasteiger partial charge in [-0.05, 0) is 29.9 Å². The van der Waals surface area contributed by atoms with Crippen LogP contribution in [0.5, 0.6) is 0 Å². The lowest BCUT2D eigenvalue weighted by molar-refractivity contribution is 0.457. The van der Waals surface area contributed by atoms with E-state index in [1.807, 2.05) is 27.7 Å². The van der Waals surface area contributed by atoms with Crippen LogP contribution in [-0.4, -0.2) is 14.5 Å². The van der Waals surface area contributed by atoms with E-state index < -0.39 is 15.8 Å². The van der Waals surface area contributed by atoms with Crippen molar-refractivity contribution in [3.8, 4) is 0 Å². The molecule has 0 radical (unpaired) electrons. The summed E-state index contributed by atoms with van der Waals surface area (Å²) in [5.74, 6) is -0.611. The molecule has 0 aromatic heterocycles. The largest absolute Gasteiger partial charge is 0.399 e. The van der Waals surface area contributed by atoms with E-state index in [1.165, 1.54) is 13.0 Å². The summed E-state index contributed by atoms with van der Waals surface area (Å²) in [6.07, 6.45) is 0. The smallest absolute Gasteiger partial charge is 0.241 e. The van der Waals surface area contributed by atoms with Gasteiger partial charge in [0, 0.05) is 17.3 Å². The lowest BCUT2D eigenvalue weighted by Gasteiger charge is -2.12. The van der Waals surface area contributed by atoms with Crippen LogP contribution in [0.3, 0.4) is 0 Å². The van der Waals surface area contributed by atoms with Gasteiger partial charge in [0.2, 0.25) is 10.0 Å². The van der Waals surface area contributed by atoms with Crippen molar-refractivity contribution in [3.63, 3.8) is 0 Å². The first-order valence-electron chi connectivity index (χ1n) is 6.49. The molecule has 1 aliphatic rings. The number of anilines is 1. The van der Waals surface area contributed by atoms with Crippen molar-refractivity contribution < 1.29 is 12.8 Å². The molecule has 1 aliphatic carbocycles. The molecule has 1 aromatic rings. The summed E-state index contributed by atoms with van der Waals surface area (Å²) in [4.78, 5) is -0.0894. The number of nitrogens with one attached hydrogen (secondary N) is 1. The average molecular weight is 300 g/mol. The van der Waals surface area contributed by atoms with Gasteiger partial charge < -0.3 is 5.73 Å². The molecular weight excluding hydrogens is 279 g/mol. The lowest BCUT2D eigenvalue weighted by Crippen LogP contribution is -2.30. The van der Waals surface area contributed by atoms with Gasteiger partial charge in [-0.1, -0.05) is 27.7 Å². The van der Waals surface area contributed by atoms with E-state index in [9.17, 15) is 12.8 Å². The molecule has 3 N–H and O–H groups in total. The summed E-state index contributed by atoms with van der Waals surface area (Å²) >= 11 is 0. The minimum Gasteiger partial charge on any atom is -0.399 e. The number of benzene rings is 1. The molecule has 0 bridgehead atoms. The van der Waals surface area contributed by atoms with E-state index in [4.69, 9.17) is 5.73 Å². The normalized spacial score (nSPS) is 20.9. The first-order chi connectivity index (χ1) is 8.91. The fraction of sp³-hybridized carbons (Fsp3) is 0.571. The minimum absolute atomic E-state index is 0.0861. The number of hydrogen-bond donors (Lipinski definition) is 2. The van der Waals surface area contributed by atoms with Gasteiger partial charge in [-0.15, -0.1) is 0 Å². The molecule has 0 heterocycles. The molecule has 0 amide bonds. The van der Waals surface area contributed by atoms with Gasteiger partial charge >= 0.3 is 0 Å². The Labute approximate surface area is 119 Å². The van der Waals surface area contributed by atoms with Crippen molar-refractivity contribution in [1.82, 2.24) is 4.72 Å². The van der Waals surface area contributed by atoms with Crippen molar-refractivity contribution in [2.24, 2.45) is 10.8 Å². The van der Waals surface area contributed by atoms with Crippen LogP contribution in [0.25, 0.3) is 0 Å². The van der Waals surface area contributed by atoms with Crippen LogP contribution in [0.1, 0.15) is 33.3 Å². The Hall–Kier alpha value is -1.14. The third kappa shape index (κ3) is 2.11. The average Bonchev–Trinajstić information content (AvgIpc) is 2.65. The van der Waals surface area contributed by atoms with Gasteiger partial charge in [-0.25, -0.2) is 17.5 Å². The van der Waals surface area contributed by atoms with Crippen LogP contribution in [0, 0.1) is 23.6 Å². The van der Waals surface area contributed by atoms with Gasteiger partial charge in [0.25, 0.3) is 0 Å². The lowest BCUT2D eigenvalue weighted by atomic mass is 10.0. The number of rotatable bonds is 3. The van der Waals surface area contributed by atoms with E-state index in [-0.39, 0.29) is 33.0 Å². The molecule has 0 atom stereocenters. The Kier molecular flexibility index (Phi) is 3.19. The monoisotopic (exact) mass is 300 g/mol. The number of hydrogen-bond acceptors (Lipinski definition) is 3. The van der Waals surface area contributed by atoms with Crippen molar-refractivity contribution in [2.45, 2.75) is 45.6 Å². The summed E-state index contributed by atoms with van der Waals surface area (Å²) in [7, 11) is -3.78. The molecule has 112 valence electrons. The molecule has 1 fully saturated rings. The maximum absolute atomic E-state index is 13.7.